The van der Waals surface area contributed by atoms with Crippen molar-refractivity contribution in [2.75, 3.05) is 67.0 Å². The average molecular weight is 531 g/mol. The first-order valence-corrected chi connectivity index (χ1v) is 13.8. The Kier molecular flexibility index (Phi) is 6.18. The number of ether oxygens (including phenoxy) is 1. The van der Waals surface area contributed by atoms with E-state index in [9.17, 15) is 13.2 Å². The van der Waals surface area contributed by atoms with Gasteiger partial charge in [-0.3, -0.25) is 4.79 Å². The second-order valence-electron chi connectivity index (χ2n) is 8.49. The number of sulfonamides is 1. The predicted octanol–water partition coefficient (Wildman–Crippen LogP) is 2.41. The molecule has 0 saturated carbocycles. The number of nitrogens with one attached hydrogen (secondary N) is 2. The second-order valence-corrected chi connectivity index (χ2v) is 11.7. The molecule has 3 aromatic rings. The number of piperazine rings is 1. The molecule has 1 saturated heterocycles. The Labute approximate surface area is 213 Å². The Balaban J connectivity index is 1.38. The summed E-state index contributed by atoms with van der Waals surface area (Å²) in [5.41, 5.74) is 2.46. The lowest BCUT2D eigenvalue weighted by atomic mass is 10.2. The summed E-state index contributed by atoms with van der Waals surface area (Å²) >= 11 is 1.42. The van der Waals surface area contributed by atoms with Crippen molar-refractivity contribution in [3.05, 3.63) is 35.1 Å². The zero-order chi connectivity index (χ0) is 25.6. The number of nitrogens with zero attached hydrogens (tertiary/aromatic N) is 6. The number of aromatic nitrogens is 3. The van der Waals surface area contributed by atoms with Crippen LogP contribution in [0.1, 0.15) is 15.5 Å². The van der Waals surface area contributed by atoms with Crippen LogP contribution < -0.4 is 25.2 Å². The largest absolute Gasteiger partial charge is 0.494 e. The maximum absolute atomic E-state index is 12.6. The number of aryl methyl sites for hydroxylation is 1. The lowest BCUT2D eigenvalue weighted by molar-refractivity contribution is 0.102. The molecule has 4 heterocycles. The van der Waals surface area contributed by atoms with Crippen LogP contribution in [-0.2, 0) is 10.0 Å². The molecule has 36 heavy (non-hydrogen) atoms. The number of amides is 1. The van der Waals surface area contributed by atoms with Crippen molar-refractivity contribution in [2.45, 2.75) is 6.92 Å². The van der Waals surface area contributed by atoms with E-state index in [4.69, 9.17) is 4.74 Å². The zero-order valence-corrected chi connectivity index (χ0v) is 21.9. The van der Waals surface area contributed by atoms with Crippen molar-refractivity contribution >= 4 is 61.1 Å². The normalized spacial score (nSPS) is 16.2. The minimum Gasteiger partial charge on any atom is -0.494 e. The van der Waals surface area contributed by atoms with Gasteiger partial charge in [-0.05, 0) is 19.1 Å². The van der Waals surface area contributed by atoms with Crippen molar-refractivity contribution in [1.82, 2.24) is 19.3 Å². The van der Waals surface area contributed by atoms with Gasteiger partial charge in [0.25, 0.3) is 5.91 Å². The van der Waals surface area contributed by atoms with Gasteiger partial charge < -0.3 is 25.2 Å². The number of anilines is 6. The molecule has 0 unspecified atom stereocenters. The second kappa shape index (κ2) is 9.19. The molecule has 190 valence electrons. The molecule has 0 aliphatic carbocycles. The van der Waals surface area contributed by atoms with Crippen LogP contribution in [0.4, 0.5) is 33.8 Å². The van der Waals surface area contributed by atoms with Crippen LogP contribution in [0.5, 0.6) is 5.75 Å². The van der Waals surface area contributed by atoms with Gasteiger partial charge in [0.15, 0.2) is 11.5 Å². The monoisotopic (exact) mass is 530 g/mol. The van der Waals surface area contributed by atoms with E-state index >= 15 is 0 Å². The molecule has 0 atom stereocenters. The first-order chi connectivity index (χ1) is 17.1. The number of rotatable bonds is 5. The van der Waals surface area contributed by atoms with Crippen molar-refractivity contribution < 1.29 is 17.9 Å². The molecule has 0 spiro atoms. The number of carbonyl (C=O) groups is 1. The first-order valence-electron chi connectivity index (χ1n) is 11.2. The van der Waals surface area contributed by atoms with E-state index in [0.717, 1.165) is 10.7 Å². The molecule has 2 aromatic heterocycles. The van der Waals surface area contributed by atoms with Crippen molar-refractivity contribution in [3.8, 4) is 5.75 Å². The number of carbonyl (C=O) groups excluding carboxylic acids is 1. The fourth-order valence-electron chi connectivity index (χ4n) is 4.22. The van der Waals surface area contributed by atoms with E-state index in [1.165, 1.54) is 21.9 Å². The topological polar surface area (TPSA) is 133 Å². The third kappa shape index (κ3) is 4.54. The van der Waals surface area contributed by atoms with Crippen LogP contribution in [0.3, 0.4) is 0 Å². The molecule has 1 fully saturated rings. The van der Waals surface area contributed by atoms with Crippen molar-refractivity contribution in [1.29, 1.82) is 0 Å². The van der Waals surface area contributed by atoms with Crippen LogP contribution >= 0.6 is 11.3 Å². The molecular weight excluding hydrogens is 504 g/mol. The Morgan fingerprint density at radius 3 is 2.61 bits per heavy atom. The predicted molar refractivity (Wildman–Crippen MR) is 140 cm³/mol. The van der Waals surface area contributed by atoms with Gasteiger partial charge in [0.1, 0.15) is 16.4 Å². The third-order valence-electron chi connectivity index (χ3n) is 6.07. The first kappa shape index (κ1) is 24.2. The van der Waals surface area contributed by atoms with Gasteiger partial charge in [-0.2, -0.15) is 9.29 Å². The Morgan fingerprint density at radius 1 is 1.17 bits per heavy atom. The van der Waals surface area contributed by atoms with Crippen LogP contribution in [0, 0.1) is 6.92 Å². The molecule has 2 N–H and O–H groups in total. The summed E-state index contributed by atoms with van der Waals surface area (Å²) in [6.45, 7) is 3.92. The summed E-state index contributed by atoms with van der Waals surface area (Å²) in [6, 6.07) is 5.73. The number of fused-ring (bicyclic) bond motifs is 2. The number of hydrogen-bond donors (Lipinski definition) is 2. The van der Waals surface area contributed by atoms with Crippen LogP contribution in [-0.4, -0.2) is 80.2 Å². The van der Waals surface area contributed by atoms with E-state index in [1.54, 1.807) is 13.3 Å². The minimum atomic E-state index is -3.19. The van der Waals surface area contributed by atoms with E-state index in [0.29, 0.717) is 65.8 Å². The van der Waals surface area contributed by atoms with Crippen molar-refractivity contribution in [3.63, 3.8) is 0 Å². The molecule has 1 amide bonds. The highest BCUT2D eigenvalue weighted by atomic mass is 32.2. The summed E-state index contributed by atoms with van der Waals surface area (Å²) in [6.07, 6.45) is 2.80. The fraction of sp³-hybridized carbons (Fsp3) is 0.364. The van der Waals surface area contributed by atoms with E-state index in [1.807, 2.05) is 37.1 Å². The Bertz CT molecular complexity index is 1430. The van der Waals surface area contributed by atoms with Gasteiger partial charge in [-0.1, -0.05) is 0 Å². The molecule has 14 heteroatoms. The van der Waals surface area contributed by atoms with Gasteiger partial charge in [-0.15, -0.1) is 11.3 Å². The highest BCUT2D eigenvalue weighted by molar-refractivity contribution is 7.88. The summed E-state index contributed by atoms with van der Waals surface area (Å²) in [5, 5.41) is 7.54. The van der Waals surface area contributed by atoms with Gasteiger partial charge in [0.2, 0.25) is 16.0 Å². The van der Waals surface area contributed by atoms with Gasteiger partial charge in [-0.25, -0.2) is 18.4 Å². The van der Waals surface area contributed by atoms with Crippen LogP contribution in [0.2, 0.25) is 0 Å². The third-order valence-corrected chi connectivity index (χ3v) is 8.43. The number of methoxy groups -OCH3 is 1. The number of thiazole rings is 1. The Morgan fingerprint density at radius 2 is 1.92 bits per heavy atom. The smallest absolute Gasteiger partial charge is 0.277 e. The van der Waals surface area contributed by atoms with E-state index in [-0.39, 0.29) is 5.91 Å². The molecule has 1 aromatic carbocycles. The summed E-state index contributed by atoms with van der Waals surface area (Å²) < 4.78 is 30.7. The summed E-state index contributed by atoms with van der Waals surface area (Å²) in [4.78, 5) is 29.9. The van der Waals surface area contributed by atoms with E-state index in [2.05, 4.69) is 30.5 Å². The van der Waals surface area contributed by atoms with Crippen LogP contribution in [0.15, 0.2) is 24.4 Å². The summed E-state index contributed by atoms with van der Waals surface area (Å²) in [5.74, 6) is 1.19. The number of benzene rings is 1. The molecule has 0 radical (unpaired) electrons. The van der Waals surface area contributed by atoms with Crippen molar-refractivity contribution in [2.24, 2.45) is 0 Å². The molecule has 2 aliphatic heterocycles. The Hall–Kier alpha value is -3.49. The maximum atomic E-state index is 12.6. The van der Waals surface area contributed by atoms with E-state index < -0.39 is 10.0 Å². The highest BCUT2D eigenvalue weighted by Gasteiger charge is 2.29. The van der Waals surface area contributed by atoms with Gasteiger partial charge >= 0.3 is 0 Å². The quantitative estimate of drug-likeness (QED) is 0.507. The van der Waals surface area contributed by atoms with Gasteiger partial charge in [0, 0.05) is 45.0 Å². The minimum absolute atomic E-state index is 0.293. The van der Waals surface area contributed by atoms with Gasteiger partial charge in [0.05, 0.1) is 30.3 Å². The molecule has 12 nitrogen and oxygen atoms in total. The molecule has 0 bridgehead atoms. The highest BCUT2D eigenvalue weighted by Crippen LogP contribution is 2.39. The lowest BCUT2D eigenvalue weighted by Crippen LogP contribution is -2.48. The lowest BCUT2D eigenvalue weighted by Gasteiger charge is -2.35. The molecule has 5 rings (SSSR count). The fourth-order valence-corrected chi connectivity index (χ4v) is 5.93. The molecule has 2 aliphatic rings. The number of hydrogen-bond acceptors (Lipinski definition) is 11. The van der Waals surface area contributed by atoms with Crippen LogP contribution in [0.25, 0.3) is 0 Å². The molecular formula is C22H26N8O4S2. The SMILES string of the molecule is COc1cc(N2CCN(S(C)(=O)=O)CC2)ccc1Nc1ncc2c(n1)N(C)c1sc(C)nc1C(=O)N2. The standard InChI is InChI=1S/C22H26N8O4S2/c1-13-24-18-20(31)25-16-12-23-22(27-19(16)28(2)21(18)35-13)26-15-6-5-14(11-17(15)34-3)29-7-9-30(10-8-29)36(4,32)33/h5-6,11-12H,7-10H2,1-4H3,(H,25,31)(H,23,26,27). The summed E-state index contributed by atoms with van der Waals surface area (Å²) in [7, 11) is 0.234. The average Bonchev–Trinajstić information content (AvgIpc) is 3.22. The zero-order valence-electron chi connectivity index (χ0n) is 20.3. The maximum Gasteiger partial charge on any atom is 0.277 e.